The molecule has 25 heavy (non-hydrogen) atoms. The van der Waals surface area contributed by atoms with Gasteiger partial charge >= 0.3 is 0 Å². The Kier molecular flexibility index (Phi) is 3.86. The van der Waals surface area contributed by atoms with Gasteiger partial charge in [0.2, 0.25) is 0 Å². The van der Waals surface area contributed by atoms with E-state index in [0.717, 1.165) is 27.2 Å². The molecule has 124 valence electrons. The highest BCUT2D eigenvalue weighted by atomic mass is 32.1. The molecule has 0 aliphatic carbocycles. The van der Waals surface area contributed by atoms with Gasteiger partial charge in [-0.3, -0.25) is 4.79 Å². The van der Waals surface area contributed by atoms with Crippen molar-refractivity contribution in [2.75, 3.05) is 19.0 Å². The third kappa shape index (κ3) is 2.83. The van der Waals surface area contributed by atoms with Crippen molar-refractivity contribution in [2.24, 2.45) is 0 Å². The van der Waals surface area contributed by atoms with Gasteiger partial charge in [-0.05, 0) is 35.9 Å². The number of allylic oxidation sites excluding steroid dienone is 1. The molecule has 0 atom stereocenters. The van der Waals surface area contributed by atoms with Crippen molar-refractivity contribution in [2.45, 2.75) is 0 Å². The van der Waals surface area contributed by atoms with Crippen LogP contribution in [0.5, 0.6) is 0 Å². The van der Waals surface area contributed by atoms with Crippen LogP contribution in [0, 0.1) is 0 Å². The maximum absolute atomic E-state index is 12.6. The van der Waals surface area contributed by atoms with Gasteiger partial charge in [0.25, 0.3) is 5.56 Å². The minimum Gasteiger partial charge on any atom is -0.378 e. The van der Waals surface area contributed by atoms with E-state index in [-0.39, 0.29) is 5.56 Å². The summed E-state index contributed by atoms with van der Waals surface area (Å²) in [5.74, 6) is 0. The maximum atomic E-state index is 12.6. The zero-order valence-electron chi connectivity index (χ0n) is 14.0. The number of rotatable bonds is 3. The van der Waals surface area contributed by atoms with Crippen LogP contribution in [0.2, 0.25) is 0 Å². The normalized spacial score (nSPS) is 12.6. The zero-order valence-corrected chi connectivity index (χ0v) is 14.8. The van der Waals surface area contributed by atoms with E-state index in [1.54, 1.807) is 4.40 Å². The Morgan fingerprint density at radius 3 is 2.60 bits per heavy atom. The molecule has 4 aromatic rings. The van der Waals surface area contributed by atoms with Crippen LogP contribution in [-0.2, 0) is 0 Å². The van der Waals surface area contributed by atoms with Gasteiger partial charge in [0.05, 0.1) is 15.6 Å². The molecule has 2 aromatic heterocycles. The summed E-state index contributed by atoms with van der Waals surface area (Å²) in [5, 5.41) is 0. The maximum Gasteiger partial charge on any atom is 0.274 e. The van der Waals surface area contributed by atoms with Gasteiger partial charge in [-0.15, -0.1) is 0 Å². The Morgan fingerprint density at radius 2 is 1.84 bits per heavy atom. The second-order valence-electron chi connectivity index (χ2n) is 6.00. The van der Waals surface area contributed by atoms with Gasteiger partial charge in [0.15, 0.2) is 4.96 Å². The first-order valence-corrected chi connectivity index (χ1v) is 8.81. The molecular formula is C20H17N3OS. The topological polar surface area (TPSA) is 37.6 Å². The van der Waals surface area contributed by atoms with Gasteiger partial charge in [-0.2, -0.15) is 0 Å². The van der Waals surface area contributed by atoms with Crippen molar-refractivity contribution >= 4 is 45.2 Å². The third-order valence-corrected chi connectivity index (χ3v) is 5.08. The second kappa shape index (κ2) is 6.18. The van der Waals surface area contributed by atoms with Gasteiger partial charge < -0.3 is 4.90 Å². The Bertz CT molecular complexity index is 1180. The molecule has 5 heteroatoms. The second-order valence-corrected chi connectivity index (χ2v) is 7.01. The minimum absolute atomic E-state index is 0.0127. The summed E-state index contributed by atoms with van der Waals surface area (Å²) in [5.41, 5.74) is 3.97. The summed E-state index contributed by atoms with van der Waals surface area (Å²) in [4.78, 5) is 20.0. The van der Waals surface area contributed by atoms with E-state index in [1.807, 2.05) is 56.6 Å². The molecule has 0 saturated heterocycles. The molecule has 0 bridgehead atoms. The highest BCUT2D eigenvalue weighted by Gasteiger charge is 2.09. The molecular weight excluding hydrogens is 330 g/mol. The van der Waals surface area contributed by atoms with Crippen LogP contribution in [-0.4, -0.2) is 23.5 Å². The molecule has 2 aromatic carbocycles. The number of thiazole rings is 1. The number of hydrogen-bond donors (Lipinski definition) is 0. The largest absolute Gasteiger partial charge is 0.378 e. The monoisotopic (exact) mass is 347 g/mol. The van der Waals surface area contributed by atoms with Gasteiger partial charge in [0, 0.05) is 19.8 Å². The number of imidazole rings is 1. The van der Waals surface area contributed by atoms with Gasteiger partial charge in [-0.25, -0.2) is 9.38 Å². The smallest absolute Gasteiger partial charge is 0.274 e. The predicted octanol–water partition coefficient (Wildman–Crippen LogP) is 3.19. The molecule has 0 unspecified atom stereocenters. The standard InChI is InChI=1S/C20H17N3OS/c1-22(2)15-12-10-14(11-13-15)6-5-9-18-19(24)23-17-8-4-3-7-16(17)21-20(23)25-18/h3-13H,1-2H3. The molecule has 4 rings (SSSR count). The van der Waals surface area contributed by atoms with Crippen molar-refractivity contribution in [3.8, 4) is 0 Å². The fourth-order valence-electron chi connectivity index (χ4n) is 2.76. The molecule has 0 fully saturated rings. The number of para-hydroxylation sites is 2. The Labute approximate surface area is 149 Å². The fraction of sp³-hybridized carbons (Fsp3) is 0.100. The van der Waals surface area contributed by atoms with Gasteiger partial charge in [0.1, 0.15) is 0 Å². The molecule has 0 aliphatic heterocycles. The summed E-state index contributed by atoms with van der Waals surface area (Å²) in [6, 6.07) is 16.0. The zero-order chi connectivity index (χ0) is 17.4. The predicted molar refractivity (Wildman–Crippen MR) is 106 cm³/mol. The molecule has 0 saturated carbocycles. The van der Waals surface area contributed by atoms with Gasteiger partial charge in [-0.1, -0.05) is 47.8 Å². The van der Waals surface area contributed by atoms with E-state index < -0.39 is 0 Å². The lowest BCUT2D eigenvalue weighted by molar-refractivity contribution is 1.13. The number of aromatic nitrogens is 2. The first-order chi connectivity index (χ1) is 12.1. The summed E-state index contributed by atoms with van der Waals surface area (Å²) >= 11 is 1.42. The number of fused-ring (bicyclic) bond motifs is 3. The lowest BCUT2D eigenvalue weighted by Crippen LogP contribution is -2.22. The van der Waals surface area contributed by atoms with Crippen molar-refractivity contribution in [1.82, 2.24) is 9.38 Å². The minimum atomic E-state index is -0.0127. The SMILES string of the molecule is CN(C)c1ccc(C=CC=c2sc3nc4ccccc4n3c2=O)cc1. The van der Waals surface area contributed by atoms with E-state index in [2.05, 4.69) is 34.1 Å². The average molecular weight is 347 g/mol. The number of anilines is 1. The first kappa shape index (κ1) is 15.6. The third-order valence-electron chi connectivity index (χ3n) is 4.09. The fourth-order valence-corrected chi connectivity index (χ4v) is 3.69. The lowest BCUT2D eigenvalue weighted by Gasteiger charge is -2.11. The van der Waals surface area contributed by atoms with Crippen LogP contribution < -0.4 is 15.0 Å². The van der Waals surface area contributed by atoms with E-state index >= 15 is 0 Å². The molecule has 0 N–H and O–H groups in total. The molecule has 2 heterocycles. The summed E-state index contributed by atoms with van der Waals surface area (Å²) in [7, 11) is 4.04. The molecule has 4 nitrogen and oxygen atoms in total. The van der Waals surface area contributed by atoms with E-state index in [0.29, 0.717) is 4.53 Å². The molecule has 0 aliphatic rings. The van der Waals surface area contributed by atoms with Crippen LogP contribution in [0.4, 0.5) is 5.69 Å². The number of hydrogen-bond acceptors (Lipinski definition) is 4. The highest BCUT2D eigenvalue weighted by molar-refractivity contribution is 7.15. The van der Waals surface area contributed by atoms with Crippen LogP contribution in [0.25, 0.3) is 28.1 Å². The number of benzene rings is 2. The van der Waals surface area contributed by atoms with E-state index in [4.69, 9.17) is 0 Å². The Morgan fingerprint density at radius 1 is 1.08 bits per heavy atom. The van der Waals surface area contributed by atoms with Crippen LogP contribution in [0.15, 0.2) is 59.4 Å². The van der Waals surface area contributed by atoms with Crippen molar-refractivity contribution in [3.63, 3.8) is 0 Å². The number of nitrogens with zero attached hydrogens (tertiary/aromatic N) is 3. The first-order valence-electron chi connectivity index (χ1n) is 7.99. The van der Waals surface area contributed by atoms with Crippen LogP contribution >= 0.6 is 11.3 Å². The van der Waals surface area contributed by atoms with Crippen LogP contribution in [0.3, 0.4) is 0 Å². The van der Waals surface area contributed by atoms with Crippen molar-refractivity contribution < 1.29 is 0 Å². The summed E-state index contributed by atoms with van der Waals surface area (Å²) in [6.07, 6.45) is 5.77. The average Bonchev–Trinajstić information content (AvgIpc) is 3.12. The molecule has 0 spiro atoms. The molecule has 0 radical (unpaired) electrons. The van der Waals surface area contributed by atoms with E-state index in [1.165, 1.54) is 11.3 Å². The molecule has 0 amide bonds. The lowest BCUT2D eigenvalue weighted by atomic mass is 10.2. The quantitative estimate of drug-likeness (QED) is 0.571. The van der Waals surface area contributed by atoms with Crippen LogP contribution in [0.1, 0.15) is 5.56 Å². The Balaban J connectivity index is 1.69. The highest BCUT2D eigenvalue weighted by Crippen LogP contribution is 2.16. The van der Waals surface area contributed by atoms with Crippen molar-refractivity contribution in [3.05, 3.63) is 75.1 Å². The van der Waals surface area contributed by atoms with E-state index in [9.17, 15) is 4.79 Å². The Hall–Kier alpha value is -2.92. The summed E-state index contributed by atoms with van der Waals surface area (Å²) < 4.78 is 2.38. The van der Waals surface area contributed by atoms with Crippen molar-refractivity contribution in [1.29, 1.82) is 0 Å². The summed E-state index contributed by atoms with van der Waals surface area (Å²) in [6.45, 7) is 0.